The second kappa shape index (κ2) is 22.7. The first-order valence-electron chi connectivity index (χ1n) is 18.0. The van der Waals surface area contributed by atoms with E-state index in [4.69, 9.17) is 14.2 Å². The van der Waals surface area contributed by atoms with E-state index in [1.54, 1.807) is 19.1 Å². The van der Waals surface area contributed by atoms with Crippen LogP contribution in [0.3, 0.4) is 0 Å². The fourth-order valence-corrected chi connectivity index (χ4v) is 6.14. The third-order valence-corrected chi connectivity index (χ3v) is 9.34. The fraction of sp³-hybridized carbons (Fsp3) is 0.737. The molecular weight excluding hydrogens is 584 g/mol. The highest BCUT2D eigenvalue weighted by atomic mass is 16.6. The van der Waals surface area contributed by atoms with Gasteiger partial charge >= 0.3 is 17.9 Å². The normalized spacial score (nSPS) is 24.5. The monoisotopic (exact) mass is 644 g/mol. The van der Waals surface area contributed by atoms with Crippen molar-refractivity contribution in [2.75, 3.05) is 6.61 Å². The summed E-state index contributed by atoms with van der Waals surface area (Å²) < 4.78 is 17.4. The van der Waals surface area contributed by atoms with Crippen molar-refractivity contribution >= 4 is 24.2 Å². The molecule has 2 aliphatic rings. The first-order valence-corrected chi connectivity index (χ1v) is 18.0. The highest BCUT2D eigenvalue weighted by molar-refractivity contribution is 5.91. The molecule has 0 bridgehead atoms. The number of carbonyl (C=O) groups excluding carboxylic acids is 4. The molecule has 0 spiro atoms. The minimum Gasteiger partial charge on any atom is -0.457 e. The molecule has 0 saturated carbocycles. The number of unbranched alkanes of at least 4 members (excludes halogenated alkanes) is 14. The van der Waals surface area contributed by atoms with Crippen LogP contribution < -0.4 is 0 Å². The maximum absolute atomic E-state index is 13.1. The van der Waals surface area contributed by atoms with Crippen LogP contribution in [-0.4, -0.2) is 54.2 Å². The molecular formula is C38H60O8. The molecule has 0 aromatic carbocycles. The molecule has 0 amide bonds. The van der Waals surface area contributed by atoms with Gasteiger partial charge in [-0.3, -0.25) is 14.4 Å². The standard InChI is InChI=1S/C38H60O8/c1-5-7-8-9-10-11-12-13-14-15-16-17-18-19-20-24-33(41)45-35-31(27-40)23-21-22-30(26-39)25-32-34(29(4)38(43)44-32)36(35)46-37(42)28(3)6-2/h23,25,27-28,32,34-36,39H,4-22,24,26H2,1-3H3/b30-25-,31-23+. The molecule has 1 N–H and O–H groups in total. The number of esters is 3. The maximum Gasteiger partial charge on any atom is 0.334 e. The zero-order valence-corrected chi connectivity index (χ0v) is 28.8. The first kappa shape index (κ1) is 39.4. The number of carbonyl (C=O) groups is 4. The van der Waals surface area contributed by atoms with Gasteiger partial charge in [0, 0.05) is 17.6 Å². The van der Waals surface area contributed by atoms with E-state index < -0.39 is 48.1 Å². The van der Waals surface area contributed by atoms with E-state index in [-0.39, 0.29) is 24.2 Å². The summed E-state index contributed by atoms with van der Waals surface area (Å²) in [6.45, 7) is 9.47. The molecule has 1 saturated heterocycles. The zero-order valence-electron chi connectivity index (χ0n) is 28.8. The Morgan fingerprint density at radius 3 is 2.04 bits per heavy atom. The van der Waals surface area contributed by atoms with E-state index in [2.05, 4.69) is 13.5 Å². The molecule has 1 heterocycles. The fourth-order valence-electron chi connectivity index (χ4n) is 6.14. The van der Waals surface area contributed by atoms with Gasteiger partial charge in [0.15, 0.2) is 12.2 Å². The van der Waals surface area contributed by atoms with Gasteiger partial charge in [0.25, 0.3) is 0 Å². The minimum absolute atomic E-state index is 0.0646. The number of ether oxygens (including phenoxy) is 3. The van der Waals surface area contributed by atoms with Gasteiger partial charge in [-0.25, -0.2) is 4.79 Å². The molecule has 46 heavy (non-hydrogen) atoms. The summed E-state index contributed by atoms with van der Waals surface area (Å²) in [4.78, 5) is 51.2. The van der Waals surface area contributed by atoms with Crippen LogP contribution in [0.25, 0.3) is 0 Å². The predicted octanol–water partition coefficient (Wildman–Crippen LogP) is 8.05. The van der Waals surface area contributed by atoms with E-state index in [1.165, 1.54) is 70.6 Å². The van der Waals surface area contributed by atoms with Crippen LogP contribution in [0.15, 0.2) is 35.5 Å². The number of hydrogen-bond acceptors (Lipinski definition) is 8. The van der Waals surface area contributed by atoms with E-state index in [1.807, 2.05) is 6.92 Å². The quantitative estimate of drug-likeness (QED) is 0.0314. The molecule has 0 aromatic rings. The maximum atomic E-state index is 13.1. The lowest BCUT2D eigenvalue weighted by Gasteiger charge is -2.33. The van der Waals surface area contributed by atoms with E-state index in [9.17, 15) is 24.3 Å². The van der Waals surface area contributed by atoms with Crippen molar-refractivity contribution in [1.82, 2.24) is 0 Å². The van der Waals surface area contributed by atoms with Crippen LogP contribution in [0.2, 0.25) is 0 Å². The van der Waals surface area contributed by atoms with Gasteiger partial charge in [-0.05, 0) is 37.3 Å². The van der Waals surface area contributed by atoms with Gasteiger partial charge in [0.2, 0.25) is 0 Å². The minimum atomic E-state index is -1.22. The zero-order chi connectivity index (χ0) is 33.7. The second-order valence-corrected chi connectivity index (χ2v) is 13.1. The Labute approximate surface area is 277 Å². The van der Waals surface area contributed by atoms with Crippen LogP contribution in [0.1, 0.15) is 143 Å². The third kappa shape index (κ3) is 13.5. The number of fused-ring (bicyclic) bond motifs is 1. The molecule has 5 unspecified atom stereocenters. The van der Waals surface area contributed by atoms with Crippen molar-refractivity contribution < 1.29 is 38.5 Å². The van der Waals surface area contributed by atoms with Gasteiger partial charge in [-0.2, -0.15) is 0 Å². The molecule has 8 nitrogen and oxygen atoms in total. The van der Waals surface area contributed by atoms with Gasteiger partial charge in [0.1, 0.15) is 12.4 Å². The van der Waals surface area contributed by atoms with Crippen molar-refractivity contribution in [2.45, 2.75) is 161 Å². The summed E-state index contributed by atoms with van der Waals surface area (Å²) in [5.74, 6) is -3.04. The van der Waals surface area contributed by atoms with Gasteiger partial charge in [0.05, 0.1) is 18.4 Å². The molecule has 260 valence electrons. The Morgan fingerprint density at radius 2 is 1.52 bits per heavy atom. The smallest absolute Gasteiger partial charge is 0.334 e. The lowest BCUT2D eigenvalue weighted by molar-refractivity contribution is -0.172. The lowest BCUT2D eigenvalue weighted by atomic mass is 9.83. The highest BCUT2D eigenvalue weighted by Crippen LogP contribution is 2.38. The molecule has 8 heteroatoms. The Bertz CT molecular complexity index is 1030. The summed E-state index contributed by atoms with van der Waals surface area (Å²) >= 11 is 0. The largest absolute Gasteiger partial charge is 0.457 e. The van der Waals surface area contributed by atoms with Crippen LogP contribution in [0.5, 0.6) is 0 Å². The van der Waals surface area contributed by atoms with Gasteiger partial charge in [-0.15, -0.1) is 0 Å². The topological polar surface area (TPSA) is 116 Å². The summed E-state index contributed by atoms with van der Waals surface area (Å²) in [6, 6.07) is 0. The van der Waals surface area contributed by atoms with E-state index in [0.29, 0.717) is 37.5 Å². The van der Waals surface area contributed by atoms with E-state index in [0.717, 1.165) is 19.3 Å². The highest BCUT2D eigenvalue weighted by Gasteiger charge is 2.49. The number of allylic oxidation sites excluding steroid dienone is 1. The lowest BCUT2D eigenvalue weighted by Crippen LogP contribution is -2.46. The third-order valence-electron chi connectivity index (χ3n) is 9.34. The number of aliphatic hydroxyl groups is 1. The Balaban J connectivity index is 1.96. The molecule has 1 fully saturated rings. The summed E-state index contributed by atoms with van der Waals surface area (Å²) in [5, 5.41) is 9.89. The number of rotatable bonds is 22. The van der Waals surface area contributed by atoms with Gasteiger partial charge in [-0.1, -0.05) is 123 Å². The van der Waals surface area contributed by atoms with Crippen LogP contribution >= 0.6 is 0 Å². The molecule has 2 rings (SSSR count). The molecule has 1 aliphatic carbocycles. The molecule has 0 aromatic heterocycles. The summed E-state index contributed by atoms with van der Waals surface area (Å²) in [6.07, 6.45) is 20.4. The Hall–Kier alpha value is -2.74. The molecule has 1 aliphatic heterocycles. The second-order valence-electron chi connectivity index (χ2n) is 13.1. The molecule has 0 radical (unpaired) electrons. The number of hydrogen-bond donors (Lipinski definition) is 1. The van der Waals surface area contributed by atoms with Crippen LogP contribution in [-0.2, 0) is 33.4 Å². The van der Waals surface area contributed by atoms with Crippen molar-refractivity contribution in [3.63, 3.8) is 0 Å². The van der Waals surface area contributed by atoms with Crippen LogP contribution in [0.4, 0.5) is 0 Å². The van der Waals surface area contributed by atoms with Crippen LogP contribution in [0, 0.1) is 11.8 Å². The van der Waals surface area contributed by atoms with Crippen molar-refractivity contribution in [3.05, 3.63) is 35.5 Å². The SMILES string of the molecule is C=C1C(=O)OC2/C=C(\CO)CC/C=C(\C=O)C(OC(=O)CCCCCCCCCCCCCCCCC)C(OC(=O)C(C)CC)C12. The predicted molar refractivity (Wildman–Crippen MR) is 180 cm³/mol. The first-order chi connectivity index (χ1) is 22.3. The van der Waals surface area contributed by atoms with Gasteiger partial charge < -0.3 is 19.3 Å². The molecule has 5 atom stereocenters. The van der Waals surface area contributed by atoms with E-state index >= 15 is 0 Å². The average molecular weight is 645 g/mol. The Morgan fingerprint density at radius 1 is 0.957 bits per heavy atom. The summed E-state index contributed by atoms with van der Waals surface area (Å²) in [5.41, 5.74) is 0.835. The van der Waals surface area contributed by atoms with Crippen molar-refractivity contribution in [2.24, 2.45) is 11.8 Å². The van der Waals surface area contributed by atoms with Crippen molar-refractivity contribution in [3.8, 4) is 0 Å². The van der Waals surface area contributed by atoms with Crippen molar-refractivity contribution in [1.29, 1.82) is 0 Å². The number of aliphatic hydroxyl groups excluding tert-OH is 1. The Kier molecular flexibility index (Phi) is 19.5. The summed E-state index contributed by atoms with van der Waals surface area (Å²) in [7, 11) is 0. The average Bonchev–Trinajstić information content (AvgIpc) is 3.33. The number of aldehydes is 1.